The summed E-state index contributed by atoms with van der Waals surface area (Å²) in [5.74, 6) is 0. The number of rotatable bonds is 0. The van der Waals surface area contributed by atoms with E-state index in [0.717, 1.165) is 0 Å². The van der Waals surface area contributed by atoms with Crippen LogP contribution in [-0.4, -0.2) is 9.05 Å². The molecule has 0 aromatic carbocycles. The molecule has 0 fully saturated rings. The third-order valence-corrected chi connectivity index (χ3v) is 0. The molecule has 6 heteroatoms. The summed E-state index contributed by atoms with van der Waals surface area (Å²) in [6, 6.07) is 0. The summed E-state index contributed by atoms with van der Waals surface area (Å²) >= 11 is 0. The van der Waals surface area contributed by atoms with Crippen molar-refractivity contribution in [3.05, 3.63) is 0 Å². The Balaban J connectivity index is 0. The Bertz CT molecular complexity index is 23.0. The van der Waals surface area contributed by atoms with E-state index in [0.29, 0.717) is 0 Å². The minimum atomic E-state index is -5.61. The second kappa shape index (κ2) is 2.70. The van der Waals surface area contributed by atoms with Crippen molar-refractivity contribution in [1.29, 1.82) is 0 Å². The third kappa shape index (κ3) is 176. The van der Waals surface area contributed by atoms with E-state index in [1.54, 1.807) is 0 Å². The van der Waals surface area contributed by atoms with Crippen molar-refractivity contribution in [2.45, 2.75) is 0 Å². The van der Waals surface area contributed by atoms with Gasteiger partial charge in [-0.25, -0.2) is 0 Å². The molecular weight excluding hydrogens is 147 g/mol. The van der Waals surface area contributed by atoms with Crippen LogP contribution >= 0.6 is 0 Å². The standard InChI is InChI=1S/Mn.O4Si/c;1-5(2,3)4/q;-4. The largest absolute Gasteiger partial charge is 0.894 e. The Morgan fingerprint density at radius 2 is 0.833 bits per heavy atom. The molecule has 0 saturated heterocycles. The van der Waals surface area contributed by atoms with Crippen LogP contribution in [0.2, 0.25) is 0 Å². The maximum Gasteiger partial charge on any atom is 0 e. The zero-order valence-corrected chi connectivity index (χ0v) is 4.69. The van der Waals surface area contributed by atoms with E-state index in [1.165, 1.54) is 0 Å². The van der Waals surface area contributed by atoms with Gasteiger partial charge < -0.3 is 28.2 Å². The number of hydrogen-bond donors (Lipinski definition) is 0. The molecule has 0 bridgehead atoms. The van der Waals surface area contributed by atoms with Gasteiger partial charge in [0.15, 0.2) is 0 Å². The van der Waals surface area contributed by atoms with Gasteiger partial charge in [-0.2, -0.15) is 0 Å². The summed E-state index contributed by atoms with van der Waals surface area (Å²) in [6.07, 6.45) is 0. The Morgan fingerprint density at radius 3 is 0.833 bits per heavy atom. The molecule has 0 aliphatic heterocycles. The van der Waals surface area contributed by atoms with Crippen LogP contribution in [0, 0.1) is 0 Å². The van der Waals surface area contributed by atoms with Crippen LogP contribution in [0.5, 0.6) is 0 Å². The summed E-state index contributed by atoms with van der Waals surface area (Å²) in [5, 5.41) is 0. The summed E-state index contributed by atoms with van der Waals surface area (Å²) in [6.45, 7) is 0. The molecule has 0 atom stereocenters. The van der Waals surface area contributed by atoms with Gasteiger partial charge in [-0.1, -0.05) is 0 Å². The van der Waals surface area contributed by atoms with Crippen LogP contribution in [0.15, 0.2) is 0 Å². The fourth-order valence-electron chi connectivity index (χ4n) is 0. The molecule has 0 rings (SSSR count). The van der Waals surface area contributed by atoms with Crippen molar-refractivity contribution in [3.8, 4) is 0 Å². The molecule has 0 saturated carbocycles. The van der Waals surface area contributed by atoms with Crippen molar-refractivity contribution >= 4 is 9.05 Å². The van der Waals surface area contributed by atoms with Crippen molar-refractivity contribution < 1.29 is 36.3 Å². The second-order valence-electron chi connectivity index (χ2n) is 0.500. The van der Waals surface area contributed by atoms with Gasteiger partial charge in [-0.05, 0) is 0 Å². The van der Waals surface area contributed by atoms with Gasteiger partial charge in [0.2, 0.25) is 0 Å². The fourth-order valence-corrected chi connectivity index (χ4v) is 0. The molecule has 0 aromatic rings. The van der Waals surface area contributed by atoms with Crippen molar-refractivity contribution in [2.24, 2.45) is 0 Å². The molecule has 0 aliphatic rings. The van der Waals surface area contributed by atoms with E-state index in [4.69, 9.17) is 19.2 Å². The maximum atomic E-state index is 8.58. The van der Waals surface area contributed by atoms with E-state index in [1.807, 2.05) is 0 Å². The Morgan fingerprint density at radius 1 is 0.833 bits per heavy atom. The van der Waals surface area contributed by atoms with Crippen molar-refractivity contribution in [2.75, 3.05) is 0 Å². The maximum absolute atomic E-state index is 8.58. The molecule has 0 heterocycles. The van der Waals surface area contributed by atoms with Crippen LogP contribution in [0.4, 0.5) is 0 Å². The van der Waals surface area contributed by atoms with E-state index in [-0.39, 0.29) is 17.1 Å². The van der Waals surface area contributed by atoms with Crippen LogP contribution in [0.3, 0.4) is 0 Å². The molecule has 0 amide bonds. The van der Waals surface area contributed by atoms with Gasteiger partial charge in [0, 0.05) is 17.1 Å². The monoisotopic (exact) mass is 147 g/mol. The third-order valence-electron chi connectivity index (χ3n) is 0. The van der Waals surface area contributed by atoms with Crippen LogP contribution < -0.4 is 19.2 Å². The minimum absolute atomic E-state index is 0. The first-order valence-electron chi connectivity index (χ1n) is 0.816. The van der Waals surface area contributed by atoms with Crippen LogP contribution in [-0.2, 0) is 17.1 Å². The van der Waals surface area contributed by atoms with Crippen LogP contribution in [0.1, 0.15) is 0 Å². The van der Waals surface area contributed by atoms with E-state index < -0.39 is 9.05 Å². The van der Waals surface area contributed by atoms with Gasteiger partial charge in [0.05, 0.1) is 0 Å². The molecule has 4 nitrogen and oxygen atoms in total. The summed E-state index contributed by atoms with van der Waals surface area (Å²) in [5.41, 5.74) is 0. The first-order valence-corrected chi connectivity index (χ1v) is 2.45. The first-order chi connectivity index (χ1) is 2.00. The Kier molecular flexibility index (Phi) is 4.39. The van der Waals surface area contributed by atoms with Crippen LogP contribution in [0.25, 0.3) is 0 Å². The van der Waals surface area contributed by atoms with E-state index in [2.05, 4.69) is 0 Å². The summed E-state index contributed by atoms with van der Waals surface area (Å²) < 4.78 is 0. The fraction of sp³-hybridized carbons (Fsp3) is 0. The number of hydrogen-bond acceptors (Lipinski definition) is 4. The summed E-state index contributed by atoms with van der Waals surface area (Å²) in [4.78, 5) is 34.3. The average molecular weight is 147 g/mol. The summed E-state index contributed by atoms with van der Waals surface area (Å²) in [7, 11) is -5.61. The molecule has 1 radical (unpaired) electrons. The molecule has 0 N–H and O–H groups in total. The predicted molar refractivity (Wildman–Crippen MR) is 5.75 cm³/mol. The van der Waals surface area contributed by atoms with Gasteiger partial charge in [0.25, 0.3) is 0 Å². The molecule has 6 heavy (non-hydrogen) atoms. The first kappa shape index (κ1) is 9.76. The zero-order chi connectivity index (χ0) is 4.50. The topological polar surface area (TPSA) is 92.2 Å². The minimum Gasteiger partial charge on any atom is -0.894 e. The second-order valence-corrected chi connectivity index (χ2v) is 1.50. The predicted octanol–water partition coefficient (Wildman–Crippen LogP) is -5.14. The Hall–Kier alpha value is 0.576. The Labute approximate surface area is 46.0 Å². The van der Waals surface area contributed by atoms with Gasteiger partial charge >= 0.3 is 0 Å². The SMILES string of the molecule is [Mn].[O-][Si]([O-])([O-])[O-]. The van der Waals surface area contributed by atoms with E-state index in [9.17, 15) is 0 Å². The molecular formula is MnO4Si-4. The molecule has 39 valence electrons. The molecule has 0 aliphatic carbocycles. The van der Waals surface area contributed by atoms with Crippen molar-refractivity contribution in [1.82, 2.24) is 0 Å². The quantitative estimate of drug-likeness (QED) is 0.320. The zero-order valence-electron chi connectivity index (χ0n) is 2.51. The van der Waals surface area contributed by atoms with Gasteiger partial charge in [-0.3, -0.25) is 0 Å². The molecule has 0 spiro atoms. The average Bonchev–Trinajstić information content (AvgIpc) is 0.722. The smallest absolute Gasteiger partial charge is 0 e. The molecule has 0 unspecified atom stereocenters. The van der Waals surface area contributed by atoms with E-state index >= 15 is 0 Å². The van der Waals surface area contributed by atoms with Gasteiger partial charge in [0.1, 0.15) is 0 Å². The van der Waals surface area contributed by atoms with Gasteiger partial charge in [-0.15, -0.1) is 0 Å². The molecule has 0 aromatic heterocycles. The van der Waals surface area contributed by atoms with Crippen molar-refractivity contribution in [3.63, 3.8) is 0 Å². The normalized spacial score (nSPS) is 10.0.